The maximum Gasteiger partial charge on any atom is 0.303 e. The fourth-order valence-corrected chi connectivity index (χ4v) is 2.36. The molecule has 4 nitrogen and oxygen atoms in total. The Morgan fingerprint density at radius 2 is 1.62 bits per heavy atom. The van der Waals surface area contributed by atoms with E-state index in [0.29, 0.717) is 5.69 Å². The molecule has 0 bridgehead atoms. The quantitative estimate of drug-likeness (QED) is 0.807. The van der Waals surface area contributed by atoms with Crippen LogP contribution in [0.15, 0.2) is 18.2 Å². The normalized spacial score (nSPS) is 11.9. The van der Waals surface area contributed by atoms with Crippen LogP contribution in [0, 0.1) is 13.8 Å². The number of rotatable bonds is 3. The Morgan fingerprint density at radius 3 is 2.12 bits per heavy atom. The van der Waals surface area contributed by atoms with Crippen molar-refractivity contribution in [3.05, 3.63) is 29.3 Å². The average Bonchev–Trinajstić information content (AvgIpc) is 2.20. The minimum atomic E-state index is -3.40. The number of aryl methyl sites for hydroxylation is 2. The fraction of sp³-hybridized carbons (Fsp3) is 0.455. The lowest BCUT2D eigenvalue weighted by atomic mass is 10.1. The van der Waals surface area contributed by atoms with Gasteiger partial charge in [-0.3, -0.25) is 4.31 Å². The van der Waals surface area contributed by atoms with Gasteiger partial charge in [-0.2, -0.15) is 12.7 Å². The van der Waals surface area contributed by atoms with Crippen LogP contribution in [0.4, 0.5) is 5.69 Å². The molecule has 0 amide bonds. The molecular formula is C11H18N2O2S. The number of hydrogen-bond acceptors (Lipinski definition) is 2. The zero-order valence-electron chi connectivity index (χ0n) is 10.4. The highest BCUT2D eigenvalue weighted by molar-refractivity contribution is 7.90. The van der Waals surface area contributed by atoms with Crippen LogP contribution >= 0.6 is 0 Å². The molecule has 0 atom stereocenters. The molecule has 0 heterocycles. The summed E-state index contributed by atoms with van der Waals surface area (Å²) in [6.07, 6.45) is 0. The maximum atomic E-state index is 11.9. The number of nitrogens with zero attached hydrogens (tertiary/aromatic N) is 2. The fourth-order valence-electron chi connectivity index (χ4n) is 1.43. The molecule has 1 rings (SSSR count). The molecule has 5 heteroatoms. The Kier molecular flexibility index (Phi) is 3.60. The smallest absolute Gasteiger partial charge is 0.260 e. The van der Waals surface area contributed by atoms with E-state index >= 15 is 0 Å². The van der Waals surface area contributed by atoms with Crippen LogP contribution in [-0.4, -0.2) is 33.9 Å². The van der Waals surface area contributed by atoms with Crippen molar-refractivity contribution in [3.63, 3.8) is 0 Å². The van der Waals surface area contributed by atoms with Gasteiger partial charge in [-0.1, -0.05) is 12.1 Å². The summed E-state index contributed by atoms with van der Waals surface area (Å²) in [4.78, 5) is 0. The minimum Gasteiger partial charge on any atom is -0.260 e. The van der Waals surface area contributed by atoms with Gasteiger partial charge in [0.1, 0.15) is 0 Å². The number of hydrogen-bond donors (Lipinski definition) is 0. The molecule has 0 aliphatic rings. The lowest BCUT2D eigenvalue weighted by Crippen LogP contribution is -2.37. The summed E-state index contributed by atoms with van der Waals surface area (Å²) in [6.45, 7) is 3.84. The largest absolute Gasteiger partial charge is 0.303 e. The Balaban J connectivity index is 3.25. The van der Waals surface area contributed by atoms with Gasteiger partial charge >= 0.3 is 10.2 Å². The maximum absolute atomic E-state index is 11.9. The Hall–Kier alpha value is -1.07. The van der Waals surface area contributed by atoms with Gasteiger partial charge in [0.15, 0.2) is 0 Å². The summed E-state index contributed by atoms with van der Waals surface area (Å²) < 4.78 is 26.4. The van der Waals surface area contributed by atoms with Gasteiger partial charge in [0, 0.05) is 21.1 Å². The predicted octanol–water partition coefficient (Wildman–Crippen LogP) is 1.55. The molecule has 0 aromatic heterocycles. The molecule has 0 radical (unpaired) electrons. The topological polar surface area (TPSA) is 40.6 Å². The van der Waals surface area contributed by atoms with Gasteiger partial charge in [-0.15, -0.1) is 0 Å². The second kappa shape index (κ2) is 4.43. The zero-order valence-corrected chi connectivity index (χ0v) is 11.2. The molecule has 1 aromatic rings. The van der Waals surface area contributed by atoms with Gasteiger partial charge in [0.05, 0.1) is 5.69 Å². The average molecular weight is 242 g/mol. The van der Waals surface area contributed by atoms with E-state index in [4.69, 9.17) is 0 Å². The Morgan fingerprint density at radius 1 is 1.06 bits per heavy atom. The van der Waals surface area contributed by atoms with Crippen molar-refractivity contribution in [1.29, 1.82) is 0 Å². The van der Waals surface area contributed by atoms with Crippen molar-refractivity contribution in [1.82, 2.24) is 4.31 Å². The predicted molar refractivity (Wildman–Crippen MR) is 66.9 cm³/mol. The first-order chi connectivity index (χ1) is 7.26. The first-order valence-electron chi connectivity index (χ1n) is 5.00. The highest BCUT2D eigenvalue weighted by Crippen LogP contribution is 2.23. The Bertz CT molecular complexity index is 481. The molecule has 1 aromatic carbocycles. The molecule has 0 N–H and O–H groups in total. The van der Waals surface area contributed by atoms with Crippen LogP contribution in [0.2, 0.25) is 0 Å². The van der Waals surface area contributed by atoms with Crippen LogP contribution in [0.1, 0.15) is 11.1 Å². The molecule has 0 saturated carbocycles. The molecule has 0 unspecified atom stereocenters. The number of benzene rings is 1. The summed E-state index contributed by atoms with van der Waals surface area (Å²) in [5.74, 6) is 0. The van der Waals surface area contributed by atoms with Gasteiger partial charge in [-0.25, -0.2) is 0 Å². The SMILES string of the molecule is Cc1ccc(C)c(N(C)S(=O)(=O)N(C)C)c1. The summed E-state index contributed by atoms with van der Waals surface area (Å²) in [7, 11) is 1.21. The molecule has 0 aliphatic carbocycles. The van der Waals surface area contributed by atoms with Gasteiger partial charge in [0.2, 0.25) is 0 Å². The third kappa shape index (κ3) is 2.36. The van der Waals surface area contributed by atoms with Gasteiger partial charge in [-0.05, 0) is 31.0 Å². The van der Waals surface area contributed by atoms with E-state index in [1.165, 1.54) is 22.7 Å². The van der Waals surface area contributed by atoms with Crippen molar-refractivity contribution >= 4 is 15.9 Å². The molecule has 0 saturated heterocycles. The van der Waals surface area contributed by atoms with Crippen molar-refractivity contribution in [2.75, 3.05) is 25.4 Å². The van der Waals surface area contributed by atoms with Crippen molar-refractivity contribution in [3.8, 4) is 0 Å². The Labute approximate surface area is 97.7 Å². The molecule has 0 spiro atoms. The summed E-state index contributed by atoms with van der Waals surface area (Å²) in [5, 5.41) is 0. The van der Waals surface area contributed by atoms with Crippen molar-refractivity contribution in [2.24, 2.45) is 0 Å². The summed E-state index contributed by atoms with van der Waals surface area (Å²) >= 11 is 0. The molecule has 90 valence electrons. The van der Waals surface area contributed by atoms with E-state index in [1.807, 2.05) is 32.0 Å². The third-order valence-corrected chi connectivity index (χ3v) is 4.32. The van der Waals surface area contributed by atoms with E-state index in [1.54, 1.807) is 7.05 Å². The van der Waals surface area contributed by atoms with E-state index in [9.17, 15) is 8.42 Å². The lowest BCUT2D eigenvalue weighted by Gasteiger charge is -2.24. The van der Waals surface area contributed by atoms with Crippen LogP contribution in [-0.2, 0) is 10.2 Å². The highest BCUT2D eigenvalue weighted by Gasteiger charge is 2.21. The standard InChI is InChI=1S/C11H18N2O2S/c1-9-6-7-10(2)11(8-9)13(5)16(14,15)12(3)4/h6-8H,1-5H3. The molecule has 0 fully saturated rings. The summed E-state index contributed by atoms with van der Waals surface area (Å²) in [5.41, 5.74) is 2.70. The monoisotopic (exact) mass is 242 g/mol. The minimum absolute atomic E-state index is 0.716. The lowest BCUT2D eigenvalue weighted by molar-refractivity contribution is 0.519. The van der Waals surface area contributed by atoms with Crippen LogP contribution in [0.3, 0.4) is 0 Å². The molecular weight excluding hydrogens is 224 g/mol. The number of anilines is 1. The first-order valence-corrected chi connectivity index (χ1v) is 6.40. The zero-order chi connectivity index (χ0) is 12.5. The third-order valence-electron chi connectivity index (χ3n) is 2.51. The van der Waals surface area contributed by atoms with E-state index in [2.05, 4.69) is 0 Å². The van der Waals surface area contributed by atoms with Crippen LogP contribution in [0.5, 0.6) is 0 Å². The van der Waals surface area contributed by atoms with Gasteiger partial charge in [0.25, 0.3) is 0 Å². The van der Waals surface area contributed by atoms with E-state index < -0.39 is 10.2 Å². The second-order valence-electron chi connectivity index (χ2n) is 4.05. The van der Waals surface area contributed by atoms with E-state index in [0.717, 1.165) is 11.1 Å². The first kappa shape index (κ1) is 13.0. The van der Waals surface area contributed by atoms with Crippen molar-refractivity contribution < 1.29 is 8.42 Å². The molecule has 16 heavy (non-hydrogen) atoms. The van der Waals surface area contributed by atoms with Crippen molar-refractivity contribution in [2.45, 2.75) is 13.8 Å². The molecule has 0 aliphatic heterocycles. The van der Waals surface area contributed by atoms with Crippen LogP contribution in [0.25, 0.3) is 0 Å². The van der Waals surface area contributed by atoms with E-state index in [-0.39, 0.29) is 0 Å². The van der Waals surface area contributed by atoms with Gasteiger partial charge < -0.3 is 0 Å². The van der Waals surface area contributed by atoms with Crippen LogP contribution < -0.4 is 4.31 Å². The highest BCUT2D eigenvalue weighted by atomic mass is 32.2. The second-order valence-corrected chi connectivity index (χ2v) is 6.22. The summed E-state index contributed by atoms with van der Waals surface area (Å²) in [6, 6.07) is 5.76.